The lowest BCUT2D eigenvalue weighted by molar-refractivity contribution is -0.168. The Labute approximate surface area is 211 Å². The second-order valence-corrected chi connectivity index (χ2v) is 12.8. The van der Waals surface area contributed by atoms with Crippen LogP contribution in [0, 0.1) is 23.7 Å². The summed E-state index contributed by atoms with van der Waals surface area (Å²) in [5.74, 6) is -0.658. The third-order valence-electron chi connectivity index (χ3n) is 9.10. The molecular weight excluding hydrogens is 468 g/mol. The summed E-state index contributed by atoms with van der Waals surface area (Å²) in [6.07, 6.45) is 3.10. The lowest BCUT2D eigenvalue weighted by Gasteiger charge is -2.48. The van der Waals surface area contributed by atoms with Crippen molar-refractivity contribution in [1.29, 1.82) is 0 Å². The predicted molar refractivity (Wildman–Crippen MR) is 132 cm³/mol. The van der Waals surface area contributed by atoms with E-state index in [1.807, 2.05) is 13.8 Å². The molecule has 0 aromatic rings. The van der Waals surface area contributed by atoms with Gasteiger partial charge in [0, 0.05) is 42.1 Å². The molecule has 4 unspecified atom stereocenters. The van der Waals surface area contributed by atoms with Gasteiger partial charge in [0.1, 0.15) is 11.8 Å². The second-order valence-electron chi connectivity index (χ2n) is 11.3. The topological polar surface area (TPSA) is 119 Å². The zero-order valence-electron chi connectivity index (χ0n) is 20.8. The number of amides is 2. The Morgan fingerprint density at radius 1 is 1.23 bits per heavy atom. The first-order chi connectivity index (χ1) is 16.7. The highest BCUT2D eigenvalue weighted by atomic mass is 32.2. The highest BCUT2D eigenvalue weighted by molar-refractivity contribution is 8.00. The molecule has 0 aliphatic carbocycles. The van der Waals surface area contributed by atoms with E-state index in [0.29, 0.717) is 31.3 Å². The minimum atomic E-state index is -0.963. The summed E-state index contributed by atoms with van der Waals surface area (Å²) in [5, 5.41) is 16.8. The molecule has 0 spiro atoms. The van der Waals surface area contributed by atoms with Crippen molar-refractivity contribution >= 4 is 35.3 Å². The zero-order valence-corrected chi connectivity index (χ0v) is 21.6. The number of carboxylic acids is 1. The molecule has 0 saturated carbocycles. The molecule has 194 valence electrons. The number of likely N-dealkylation sites (tertiary alicyclic amines) is 1. The van der Waals surface area contributed by atoms with Gasteiger partial charge in [-0.1, -0.05) is 13.8 Å². The van der Waals surface area contributed by atoms with Crippen molar-refractivity contribution in [3.8, 4) is 0 Å². The molecule has 10 heteroatoms. The summed E-state index contributed by atoms with van der Waals surface area (Å²) in [6, 6.07) is -0.865. The first kappa shape index (κ1) is 25.0. The molecule has 35 heavy (non-hydrogen) atoms. The summed E-state index contributed by atoms with van der Waals surface area (Å²) in [5.41, 5.74) is 0. The van der Waals surface area contributed by atoms with Crippen molar-refractivity contribution in [1.82, 2.24) is 20.4 Å². The van der Waals surface area contributed by atoms with E-state index >= 15 is 0 Å². The van der Waals surface area contributed by atoms with E-state index in [9.17, 15) is 24.3 Å². The fraction of sp³-hybridized carbons (Fsp3) is 0.840. The standard InChI is InChI=1S/C25H38N4O5S/c1-12(8-13(2)30)19-20-14(3)22(21(25(33)34)29(20)24(19)32)35-16-9-17(27-11-16)23(31)28-7-5-15-10-26-6-4-18(15)28/h12,14-22,26-27H,4-11H2,1-3H3,(H,33,34)/t12-,14+,15?,16-,17-,18?,19+,20+,21?,22?/m0/s1. The predicted octanol–water partition coefficient (Wildman–Crippen LogP) is 0.574. The van der Waals surface area contributed by atoms with Gasteiger partial charge in [0.2, 0.25) is 11.8 Å². The summed E-state index contributed by atoms with van der Waals surface area (Å²) in [7, 11) is 0. The number of carbonyl (C=O) groups is 4. The first-order valence-corrected chi connectivity index (χ1v) is 14.1. The number of hydrogen-bond acceptors (Lipinski definition) is 7. The van der Waals surface area contributed by atoms with Gasteiger partial charge >= 0.3 is 5.97 Å². The molecule has 0 bridgehead atoms. The van der Waals surface area contributed by atoms with Crippen LogP contribution >= 0.6 is 11.8 Å². The summed E-state index contributed by atoms with van der Waals surface area (Å²) >= 11 is 1.64. The number of fused-ring (bicyclic) bond motifs is 2. The molecule has 5 fully saturated rings. The van der Waals surface area contributed by atoms with E-state index in [0.717, 1.165) is 32.5 Å². The molecule has 0 aromatic carbocycles. The monoisotopic (exact) mass is 506 g/mol. The van der Waals surface area contributed by atoms with Crippen LogP contribution in [0.5, 0.6) is 0 Å². The first-order valence-electron chi connectivity index (χ1n) is 13.1. The van der Waals surface area contributed by atoms with Crippen molar-refractivity contribution in [3.63, 3.8) is 0 Å². The molecule has 0 aromatic heterocycles. The maximum Gasteiger partial charge on any atom is 0.327 e. The average Bonchev–Trinajstić information content (AvgIpc) is 3.49. The van der Waals surface area contributed by atoms with Crippen LogP contribution in [-0.2, 0) is 19.2 Å². The van der Waals surface area contributed by atoms with Gasteiger partial charge in [-0.3, -0.25) is 9.59 Å². The van der Waals surface area contributed by atoms with E-state index in [4.69, 9.17) is 0 Å². The van der Waals surface area contributed by atoms with Crippen molar-refractivity contribution in [2.24, 2.45) is 23.7 Å². The molecule has 9 nitrogen and oxygen atoms in total. The third-order valence-corrected chi connectivity index (χ3v) is 10.8. The molecule has 3 N–H and O–H groups in total. The number of aliphatic carboxylic acids is 1. The summed E-state index contributed by atoms with van der Waals surface area (Å²) < 4.78 is 0. The number of ketones is 1. The largest absolute Gasteiger partial charge is 0.480 e. The van der Waals surface area contributed by atoms with Crippen LogP contribution in [0.2, 0.25) is 0 Å². The zero-order chi connectivity index (χ0) is 25.0. The summed E-state index contributed by atoms with van der Waals surface area (Å²) in [6.45, 7) is 8.95. The normalized spacial score (nSPS) is 41.3. The molecule has 2 amide bonds. The molecule has 5 saturated heterocycles. The number of thioether (sulfide) groups is 1. The van der Waals surface area contributed by atoms with Gasteiger partial charge in [-0.05, 0) is 57.0 Å². The van der Waals surface area contributed by atoms with Crippen LogP contribution in [0.4, 0.5) is 0 Å². The van der Waals surface area contributed by atoms with Crippen LogP contribution in [0.15, 0.2) is 0 Å². The van der Waals surface area contributed by atoms with Gasteiger partial charge in [0.25, 0.3) is 0 Å². The lowest BCUT2D eigenvalue weighted by Crippen LogP contribution is -2.64. The second kappa shape index (κ2) is 9.67. The maximum absolute atomic E-state index is 13.3. The number of β-lactam (4-membered cyclic amide) rings is 1. The highest BCUT2D eigenvalue weighted by Gasteiger charge is 2.64. The van der Waals surface area contributed by atoms with Gasteiger partial charge < -0.3 is 30.3 Å². The molecule has 5 aliphatic heterocycles. The van der Waals surface area contributed by atoms with E-state index in [-0.39, 0.29) is 57.9 Å². The van der Waals surface area contributed by atoms with E-state index in [2.05, 4.69) is 15.5 Å². The smallest absolute Gasteiger partial charge is 0.327 e. The molecule has 5 aliphatic rings. The number of hydrogen-bond donors (Lipinski definition) is 3. The van der Waals surface area contributed by atoms with Crippen LogP contribution in [0.25, 0.3) is 0 Å². The fourth-order valence-electron chi connectivity index (χ4n) is 7.49. The van der Waals surface area contributed by atoms with E-state index in [1.165, 1.54) is 6.92 Å². The molecular formula is C25H38N4O5S. The van der Waals surface area contributed by atoms with Crippen molar-refractivity contribution in [2.45, 2.75) is 81.1 Å². The number of carbonyl (C=O) groups excluding carboxylic acids is 3. The van der Waals surface area contributed by atoms with Crippen molar-refractivity contribution in [3.05, 3.63) is 0 Å². The van der Waals surface area contributed by atoms with Crippen molar-refractivity contribution in [2.75, 3.05) is 26.2 Å². The fourth-order valence-corrected chi connectivity index (χ4v) is 9.24. The Hall–Kier alpha value is -1.65. The van der Waals surface area contributed by atoms with Gasteiger partial charge in [-0.2, -0.15) is 11.8 Å². The van der Waals surface area contributed by atoms with Crippen molar-refractivity contribution < 1.29 is 24.3 Å². The van der Waals surface area contributed by atoms with Gasteiger partial charge in [-0.15, -0.1) is 0 Å². The van der Waals surface area contributed by atoms with Gasteiger partial charge in [0.05, 0.1) is 12.0 Å². The Balaban J connectivity index is 1.23. The van der Waals surface area contributed by atoms with E-state index in [1.54, 1.807) is 16.7 Å². The number of nitrogens with one attached hydrogen (secondary N) is 2. The van der Waals surface area contributed by atoms with Gasteiger partial charge in [0.15, 0.2) is 0 Å². The minimum Gasteiger partial charge on any atom is -0.480 e. The molecule has 5 rings (SSSR count). The average molecular weight is 507 g/mol. The molecule has 5 heterocycles. The van der Waals surface area contributed by atoms with E-state index < -0.39 is 12.0 Å². The van der Waals surface area contributed by atoms with Gasteiger partial charge in [-0.25, -0.2) is 4.79 Å². The van der Waals surface area contributed by atoms with Crippen LogP contribution in [-0.4, -0.2) is 99.3 Å². The lowest BCUT2D eigenvalue weighted by atomic mass is 9.73. The molecule has 10 atom stereocenters. The highest BCUT2D eigenvalue weighted by Crippen LogP contribution is 2.51. The Morgan fingerprint density at radius 2 is 2.00 bits per heavy atom. The minimum absolute atomic E-state index is 0.0158. The Morgan fingerprint density at radius 3 is 2.71 bits per heavy atom. The molecule has 0 radical (unpaired) electrons. The SMILES string of the molecule is CC(=O)C[C@H](C)[C@H]1C(=O)N2C(C(=O)O)C(S[C@@H]3CN[C@H](C(=O)N4CCC5CNCCC54)C3)[C@H](C)[C@H]12. The van der Waals surface area contributed by atoms with Crippen LogP contribution < -0.4 is 10.6 Å². The Bertz CT molecular complexity index is 901. The number of piperidine rings is 1. The quantitative estimate of drug-likeness (QED) is 0.429. The van der Waals surface area contributed by atoms with Crippen LogP contribution in [0.1, 0.15) is 46.5 Å². The Kier molecular flexibility index (Phi) is 6.91. The number of carboxylic acid groups (broad SMARTS) is 1. The number of Topliss-reactive ketones (excluding diaryl/α,β-unsaturated/α-hetero) is 1. The number of nitrogens with zero attached hydrogens (tertiary/aromatic N) is 2. The maximum atomic E-state index is 13.3. The van der Waals surface area contributed by atoms with Crippen LogP contribution in [0.3, 0.4) is 0 Å². The number of rotatable bonds is 7. The summed E-state index contributed by atoms with van der Waals surface area (Å²) in [4.78, 5) is 53.9. The third kappa shape index (κ3) is 4.29.